The van der Waals surface area contributed by atoms with Crippen molar-refractivity contribution >= 4 is 17.4 Å². The molecule has 0 N–H and O–H groups in total. The highest BCUT2D eigenvalue weighted by atomic mass is 35.5. The summed E-state index contributed by atoms with van der Waals surface area (Å²) in [6.07, 6.45) is 3.46. The zero-order valence-electron chi connectivity index (χ0n) is 14.1. The topological polar surface area (TPSA) is 61.6 Å². The van der Waals surface area contributed by atoms with E-state index < -0.39 is 0 Å². The van der Waals surface area contributed by atoms with Crippen LogP contribution in [-0.2, 0) is 22.7 Å². The van der Waals surface area contributed by atoms with E-state index in [2.05, 4.69) is 5.16 Å². The molecule has 2 heterocycles. The predicted molar refractivity (Wildman–Crippen MR) is 93.6 cm³/mol. The molecule has 0 atom stereocenters. The monoisotopic (exact) mass is 363 g/mol. The van der Waals surface area contributed by atoms with Crippen LogP contribution >= 0.6 is 11.6 Å². The van der Waals surface area contributed by atoms with Gasteiger partial charge in [-0.3, -0.25) is 4.79 Å². The lowest BCUT2D eigenvalue weighted by Gasteiger charge is -2.21. The van der Waals surface area contributed by atoms with Crippen LogP contribution in [0.4, 0.5) is 0 Å². The van der Waals surface area contributed by atoms with Gasteiger partial charge in [-0.15, -0.1) is 0 Å². The lowest BCUT2D eigenvalue weighted by atomic mass is 9.93. The van der Waals surface area contributed by atoms with Gasteiger partial charge in [-0.1, -0.05) is 28.9 Å². The summed E-state index contributed by atoms with van der Waals surface area (Å²) in [5, 5.41) is 4.55. The highest BCUT2D eigenvalue weighted by molar-refractivity contribution is 6.30. The Balaban J connectivity index is 1.42. The highest BCUT2D eigenvalue weighted by Gasteiger charge is 2.18. The van der Waals surface area contributed by atoms with Gasteiger partial charge < -0.3 is 14.0 Å². The van der Waals surface area contributed by atoms with Crippen molar-refractivity contribution in [3.05, 3.63) is 52.4 Å². The number of halogens is 1. The largest absolute Gasteiger partial charge is 0.381 e. The van der Waals surface area contributed by atoms with Crippen LogP contribution in [-0.4, -0.2) is 24.2 Å². The molecule has 134 valence electrons. The number of carbonyl (C=O) groups is 1. The fourth-order valence-corrected chi connectivity index (χ4v) is 3.12. The fraction of sp³-hybridized carbons (Fsp3) is 0.474. The number of hydrogen-bond acceptors (Lipinski definition) is 5. The maximum absolute atomic E-state index is 12.2. The van der Waals surface area contributed by atoms with E-state index in [4.69, 9.17) is 25.6 Å². The third-order valence-electron chi connectivity index (χ3n) is 4.37. The molecule has 2 aromatic rings. The molecule has 0 bridgehead atoms. The molecule has 1 aromatic heterocycles. The van der Waals surface area contributed by atoms with Gasteiger partial charge in [-0.2, -0.15) is 0 Å². The van der Waals surface area contributed by atoms with Gasteiger partial charge >= 0.3 is 0 Å². The molecule has 1 aromatic carbocycles. The van der Waals surface area contributed by atoms with Crippen LogP contribution < -0.4 is 0 Å². The molecular weight excluding hydrogens is 342 g/mol. The summed E-state index contributed by atoms with van der Waals surface area (Å²) < 4.78 is 16.1. The molecule has 0 saturated carbocycles. The Morgan fingerprint density at radius 2 is 2.08 bits per heavy atom. The molecule has 0 amide bonds. The highest BCUT2D eigenvalue weighted by Crippen LogP contribution is 2.21. The van der Waals surface area contributed by atoms with E-state index in [0.29, 0.717) is 35.4 Å². The minimum atomic E-state index is 0.0244. The first kappa shape index (κ1) is 18.1. The molecule has 5 nitrogen and oxygen atoms in total. The number of rotatable bonds is 8. The van der Waals surface area contributed by atoms with Crippen LogP contribution in [0.15, 0.2) is 34.9 Å². The van der Waals surface area contributed by atoms with Gasteiger partial charge in [0.2, 0.25) is 0 Å². The van der Waals surface area contributed by atoms with Gasteiger partial charge in [-0.25, -0.2) is 0 Å². The van der Waals surface area contributed by atoms with Gasteiger partial charge in [0.15, 0.2) is 11.5 Å². The summed E-state index contributed by atoms with van der Waals surface area (Å²) in [5.74, 6) is 1.15. The van der Waals surface area contributed by atoms with Gasteiger partial charge in [0, 0.05) is 30.7 Å². The van der Waals surface area contributed by atoms with Crippen LogP contribution in [0.5, 0.6) is 0 Å². The van der Waals surface area contributed by atoms with E-state index in [0.717, 1.165) is 38.0 Å². The number of Topliss-reactive ketones (excluding diaryl/α,β-unsaturated/α-hetero) is 1. The van der Waals surface area contributed by atoms with Crippen LogP contribution in [0.3, 0.4) is 0 Å². The third kappa shape index (κ3) is 5.66. The van der Waals surface area contributed by atoms with Crippen molar-refractivity contribution in [2.24, 2.45) is 5.92 Å². The predicted octanol–water partition coefficient (Wildman–Crippen LogP) is 4.43. The average Bonchev–Trinajstić information content (AvgIpc) is 3.10. The Morgan fingerprint density at radius 1 is 1.24 bits per heavy atom. The molecule has 0 radical (unpaired) electrons. The first-order valence-corrected chi connectivity index (χ1v) is 8.97. The van der Waals surface area contributed by atoms with Gasteiger partial charge in [-0.05, 0) is 42.9 Å². The normalized spacial score (nSPS) is 15.4. The van der Waals surface area contributed by atoms with Crippen LogP contribution in [0.2, 0.25) is 5.02 Å². The van der Waals surface area contributed by atoms with E-state index in [-0.39, 0.29) is 12.4 Å². The van der Waals surface area contributed by atoms with Gasteiger partial charge in [0.1, 0.15) is 12.3 Å². The zero-order valence-corrected chi connectivity index (χ0v) is 14.8. The molecule has 0 aliphatic carbocycles. The van der Waals surface area contributed by atoms with Crippen molar-refractivity contribution in [2.75, 3.05) is 13.2 Å². The second-order valence-electron chi connectivity index (χ2n) is 6.32. The maximum atomic E-state index is 12.2. The van der Waals surface area contributed by atoms with Gasteiger partial charge in [0.25, 0.3) is 0 Å². The number of nitrogens with zero attached hydrogens (tertiary/aromatic N) is 1. The SMILES string of the molecule is O=C(CCC1CCOCC1)c1cc(COCc2cccc(Cl)c2)on1. The molecular formula is C19H22ClNO4. The quantitative estimate of drug-likeness (QED) is 0.649. The number of carbonyl (C=O) groups excluding carboxylic acids is 1. The van der Waals surface area contributed by atoms with E-state index in [1.165, 1.54) is 0 Å². The summed E-state index contributed by atoms with van der Waals surface area (Å²) in [6.45, 7) is 2.30. The molecule has 0 spiro atoms. The molecule has 3 rings (SSSR count). The van der Waals surface area contributed by atoms with E-state index in [1.807, 2.05) is 24.3 Å². The lowest BCUT2D eigenvalue weighted by molar-refractivity contribution is 0.0618. The number of benzene rings is 1. The number of ketones is 1. The van der Waals surface area contributed by atoms with Crippen molar-refractivity contribution in [3.63, 3.8) is 0 Å². The molecule has 0 unspecified atom stereocenters. The second kappa shape index (κ2) is 9.13. The Morgan fingerprint density at radius 3 is 2.88 bits per heavy atom. The van der Waals surface area contributed by atoms with Crippen LogP contribution in [0, 0.1) is 5.92 Å². The van der Waals surface area contributed by atoms with Crippen molar-refractivity contribution in [1.82, 2.24) is 5.16 Å². The Labute approximate surface area is 152 Å². The number of aromatic nitrogens is 1. The molecule has 1 aliphatic heterocycles. The number of ether oxygens (including phenoxy) is 2. The minimum absolute atomic E-state index is 0.0244. The van der Waals surface area contributed by atoms with Crippen molar-refractivity contribution < 1.29 is 18.8 Å². The summed E-state index contributed by atoms with van der Waals surface area (Å²) in [5.41, 5.74) is 1.37. The summed E-state index contributed by atoms with van der Waals surface area (Å²) in [6, 6.07) is 9.17. The summed E-state index contributed by atoms with van der Waals surface area (Å²) in [4.78, 5) is 12.2. The Bertz CT molecular complexity index is 694. The third-order valence-corrected chi connectivity index (χ3v) is 4.60. The van der Waals surface area contributed by atoms with E-state index in [9.17, 15) is 4.79 Å². The fourth-order valence-electron chi connectivity index (χ4n) is 2.91. The van der Waals surface area contributed by atoms with Crippen molar-refractivity contribution in [1.29, 1.82) is 0 Å². The first-order chi connectivity index (χ1) is 12.2. The van der Waals surface area contributed by atoms with Crippen LogP contribution in [0.1, 0.15) is 47.5 Å². The molecule has 6 heteroatoms. The maximum Gasteiger partial charge on any atom is 0.184 e. The van der Waals surface area contributed by atoms with Crippen molar-refractivity contribution in [2.45, 2.75) is 38.9 Å². The van der Waals surface area contributed by atoms with Gasteiger partial charge in [0.05, 0.1) is 6.61 Å². The summed E-state index contributed by atoms with van der Waals surface area (Å²) in [7, 11) is 0. The molecule has 25 heavy (non-hydrogen) atoms. The molecule has 1 aliphatic rings. The van der Waals surface area contributed by atoms with E-state index in [1.54, 1.807) is 6.07 Å². The molecule has 1 fully saturated rings. The molecule has 1 saturated heterocycles. The Hall–Kier alpha value is -1.69. The lowest BCUT2D eigenvalue weighted by Crippen LogP contribution is -2.16. The minimum Gasteiger partial charge on any atom is -0.381 e. The van der Waals surface area contributed by atoms with Crippen molar-refractivity contribution in [3.8, 4) is 0 Å². The standard InChI is InChI=1S/C19H22ClNO4/c20-16-3-1-2-15(10-16)12-24-13-17-11-18(21-25-17)19(22)5-4-14-6-8-23-9-7-14/h1-3,10-11,14H,4-9,12-13H2. The zero-order chi connectivity index (χ0) is 17.5. The smallest absolute Gasteiger partial charge is 0.184 e. The summed E-state index contributed by atoms with van der Waals surface area (Å²) >= 11 is 5.94. The average molecular weight is 364 g/mol. The first-order valence-electron chi connectivity index (χ1n) is 8.59. The van der Waals surface area contributed by atoms with E-state index >= 15 is 0 Å². The second-order valence-corrected chi connectivity index (χ2v) is 6.76. The van der Waals surface area contributed by atoms with Crippen LogP contribution in [0.25, 0.3) is 0 Å². The number of hydrogen-bond donors (Lipinski definition) is 0. The Kier molecular flexibility index (Phi) is 6.62.